The van der Waals surface area contributed by atoms with E-state index in [0.717, 1.165) is 37.1 Å². The predicted molar refractivity (Wildman–Crippen MR) is 80.6 cm³/mol. The Balaban J connectivity index is 1.88. The lowest BCUT2D eigenvalue weighted by Crippen LogP contribution is -2.35. The van der Waals surface area contributed by atoms with Gasteiger partial charge in [-0.05, 0) is 38.3 Å². The van der Waals surface area contributed by atoms with Gasteiger partial charge in [-0.2, -0.15) is 5.10 Å². The van der Waals surface area contributed by atoms with Crippen LogP contribution in [0.4, 0.5) is 0 Å². The molecule has 0 bridgehead atoms. The lowest BCUT2D eigenvalue weighted by atomic mass is 9.84. The number of hydrogen-bond donors (Lipinski definition) is 1. The van der Waals surface area contributed by atoms with Gasteiger partial charge in [0.25, 0.3) is 0 Å². The summed E-state index contributed by atoms with van der Waals surface area (Å²) in [4.78, 5) is 18.2. The van der Waals surface area contributed by atoms with Crippen LogP contribution in [-0.2, 0) is 17.6 Å². The highest BCUT2D eigenvalue weighted by Gasteiger charge is 2.29. The van der Waals surface area contributed by atoms with Gasteiger partial charge in [0.15, 0.2) is 0 Å². The fraction of sp³-hybridized carbons (Fsp3) is 0.438. The molecule has 1 aliphatic carbocycles. The molecule has 0 saturated heterocycles. The molecule has 21 heavy (non-hydrogen) atoms. The number of fused-ring (bicyclic) bond motifs is 1. The maximum Gasteiger partial charge on any atom is 0.225 e. The van der Waals surface area contributed by atoms with Crippen molar-refractivity contribution >= 4 is 5.91 Å². The molecule has 0 saturated carbocycles. The summed E-state index contributed by atoms with van der Waals surface area (Å²) in [6.07, 6.45) is 6.10. The van der Waals surface area contributed by atoms with Gasteiger partial charge < -0.3 is 4.90 Å². The van der Waals surface area contributed by atoms with E-state index in [0.29, 0.717) is 0 Å². The molecule has 2 aromatic heterocycles. The van der Waals surface area contributed by atoms with E-state index in [1.54, 1.807) is 12.4 Å². The lowest BCUT2D eigenvalue weighted by Gasteiger charge is -2.26. The van der Waals surface area contributed by atoms with Crippen LogP contribution in [0.3, 0.4) is 0 Å². The molecular formula is C16H20N4O. The molecule has 0 aliphatic heterocycles. The van der Waals surface area contributed by atoms with Crippen molar-refractivity contribution in [3.63, 3.8) is 0 Å². The Morgan fingerprint density at radius 2 is 2.19 bits per heavy atom. The van der Waals surface area contributed by atoms with Crippen LogP contribution in [0.5, 0.6) is 0 Å². The number of hydrogen-bond acceptors (Lipinski definition) is 3. The standard InChI is InChI=1S/C16H20N4O/c1-3-20(2)16(21)12-4-5-14-13(10-12)15(19-18-14)11-6-8-17-9-7-11/h6-9,12H,3-5,10H2,1-2H3,(H,18,19)/t12-/m0/s1. The van der Waals surface area contributed by atoms with Gasteiger partial charge in [-0.15, -0.1) is 0 Å². The molecule has 2 aromatic rings. The minimum atomic E-state index is 0.0700. The van der Waals surface area contributed by atoms with Crippen LogP contribution in [-0.4, -0.2) is 39.6 Å². The normalized spacial score (nSPS) is 17.3. The van der Waals surface area contributed by atoms with E-state index in [-0.39, 0.29) is 11.8 Å². The second kappa shape index (κ2) is 5.68. The summed E-state index contributed by atoms with van der Waals surface area (Å²) in [7, 11) is 1.87. The first-order valence-corrected chi connectivity index (χ1v) is 7.42. The first-order valence-electron chi connectivity index (χ1n) is 7.42. The zero-order chi connectivity index (χ0) is 14.8. The van der Waals surface area contributed by atoms with Crippen LogP contribution in [0.2, 0.25) is 0 Å². The van der Waals surface area contributed by atoms with Gasteiger partial charge in [-0.25, -0.2) is 0 Å². The molecular weight excluding hydrogens is 264 g/mol. The monoisotopic (exact) mass is 284 g/mol. The third-order valence-electron chi connectivity index (χ3n) is 4.30. The highest BCUT2D eigenvalue weighted by molar-refractivity contribution is 5.80. The van der Waals surface area contributed by atoms with E-state index in [9.17, 15) is 4.79 Å². The van der Waals surface area contributed by atoms with Crippen molar-refractivity contribution in [1.82, 2.24) is 20.1 Å². The van der Waals surface area contributed by atoms with Gasteiger partial charge in [0, 0.05) is 48.7 Å². The van der Waals surface area contributed by atoms with E-state index in [4.69, 9.17) is 0 Å². The average Bonchev–Trinajstić information content (AvgIpc) is 2.97. The molecule has 0 aromatic carbocycles. The lowest BCUT2D eigenvalue weighted by molar-refractivity contribution is -0.134. The van der Waals surface area contributed by atoms with Crippen molar-refractivity contribution in [1.29, 1.82) is 0 Å². The minimum absolute atomic E-state index is 0.0700. The van der Waals surface area contributed by atoms with Crippen molar-refractivity contribution in [2.45, 2.75) is 26.2 Å². The number of rotatable bonds is 3. The highest BCUT2D eigenvalue weighted by atomic mass is 16.2. The highest BCUT2D eigenvalue weighted by Crippen LogP contribution is 2.32. The number of nitrogens with zero attached hydrogens (tertiary/aromatic N) is 3. The topological polar surface area (TPSA) is 61.9 Å². The van der Waals surface area contributed by atoms with Gasteiger partial charge in [-0.3, -0.25) is 14.9 Å². The van der Waals surface area contributed by atoms with Gasteiger partial charge in [0.2, 0.25) is 5.91 Å². The Bertz CT molecular complexity index is 635. The number of nitrogens with one attached hydrogen (secondary N) is 1. The quantitative estimate of drug-likeness (QED) is 0.938. The summed E-state index contributed by atoms with van der Waals surface area (Å²) in [6, 6.07) is 3.92. The van der Waals surface area contributed by atoms with E-state index in [2.05, 4.69) is 15.2 Å². The smallest absolute Gasteiger partial charge is 0.225 e. The Morgan fingerprint density at radius 3 is 2.90 bits per heavy atom. The number of aryl methyl sites for hydroxylation is 1. The minimum Gasteiger partial charge on any atom is -0.346 e. The van der Waals surface area contributed by atoms with Crippen LogP contribution in [0.25, 0.3) is 11.3 Å². The van der Waals surface area contributed by atoms with E-state index in [1.807, 2.05) is 31.0 Å². The van der Waals surface area contributed by atoms with Crippen molar-refractivity contribution in [2.24, 2.45) is 5.92 Å². The van der Waals surface area contributed by atoms with Gasteiger partial charge in [0.1, 0.15) is 0 Å². The first-order chi connectivity index (χ1) is 10.2. The predicted octanol–water partition coefficient (Wildman–Crippen LogP) is 2.05. The Hall–Kier alpha value is -2.17. The molecule has 2 heterocycles. The summed E-state index contributed by atoms with van der Waals surface area (Å²) in [6.45, 7) is 2.76. The second-order valence-corrected chi connectivity index (χ2v) is 5.56. The van der Waals surface area contributed by atoms with Crippen LogP contribution < -0.4 is 0 Å². The summed E-state index contributed by atoms with van der Waals surface area (Å²) < 4.78 is 0. The number of aromatic amines is 1. The molecule has 0 radical (unpaired) electrons. The average molecular weight is 284 g/mol. The molecule has 1 amide bonds. The number of amides is 1. The Labute approximate surface area is 124 Å². The first kappa shape index (κ1) is 13.8. The van der Waals surface area contributed by atoms with Crippen LogP contribution in [0.15, 0.2) is 24.5 Å². The summed E-state index contributed by atoms with van der Waals surface area (Å²) >= 11 is 0. The fourth-order valence-electron chi connectivity index (χ4n) is 2.92. The van der Waals surface area contributed by atoms with Crippen LogP contribution in [0.1, 0.15) is 24.6 Å². The Morgan fingerprint density at radius 1 is 1.43 bits per heavy atom. The van der Waals surface area contributed by atoms with Crippen molar-refractivity contribution in [2.75, 3.05) is 13.6 Å². The zero-order valence-electron chi connectivity index (χ0n) is 12.5. The van der Waals surface area contributed by atoms with Gasteiger partial charge >= 0.3 is 0 Å². The Kier molecular flexibility index (Phi) is 3.73. The zero-order valence-corrected chi connectivity index (χ0v) is 12.5. The van der Waals surface area contributed by atoms with Crippen LogP contribution >= 0.6 is 0 Å². The molecule has 110 valence electrons. The van der Waals surface area contributed by atoms with Crippen LogP contribution in [0, 0.1) is 5.92 Å². The summed E-state index contributed by atoms with van der Waals surface area (Å²) in [5.41, 5.74) is 4.38. The fourth-order valence-corrected chi connectivity index (χ4v) is 2.92. The number of carbonyl (C=O) groups excluding carboxylic acids is 1. The second-order valence-electron chi connectivity index (χ2n) is 5.56. The summed E-state index contributed by atoms with van der Waals surface area (Å²) in [5, 5.41) is 7.58. The molecule has 1 N–H and O–H groups in total. The maximum absolute atomic E-state index is 12.4. The van der Waals surface area contributed by atoms with Gasteiger partial charge in [0.05, 0.1) is 5.69 Å². The molecule has 3 rings (SSSR count). The van der Waals surface area contributed by atoms with Gasteiger partial charge in [-0.1, -0.05) is 0 Å². The third kappa shape index (κ3) is 2.55. The maximum atomic E-state index is 12.4. The molecule has 5 nitrogen and oxygen atoms in total. The molecule has 1 atom stereocenters. The van der Waals surface area contributed by atoms with E-state index >= 15 is 0 Å². The largest absolute Gasteiger partial charge is 0.346 e. The SMILES string of the molecule is CCN(C)C(=O)[C@H]1CCc2[nH]nc(-c3ccncc3)c2C1. The molecule has 0 unspecified atom stereocenters. The molecule has 5 heteroatoms. The van der Waals surface area contributed by atoms with Crippen molar-refractivity contribution in [3.8, 4) is 11.3 Å². The van der Waals surface area contributed by atoms with Crippen molar-refractivity contribution in [3.05, 3.63) is 35.8 Å². The number of aromatic nitrogens is 3. The van der Waals surface area contributed by atoms with E-state index in [1.165, 1.54) is 11.3 Å². The number of H-pyrrole nitrogens is 1. The summed E-state index contributed by atoms with van der Waals surface area (Å²) in [5.74, 6) is 0.311. The molecule has 1 aliphatic rings. The number of pyridine rings is 1. The van der Waals surface area contributed by atoms with Crippen molar-refractivity contribution < 1.29 is 4.79 Å². The third-order valence-corrected chi connectivity index (χ3v) is 4.30. The van der Waals surface area contributed by atoms with E-state index < -0.39 is 0 Å². The molecule has 0 spiro atoms. The number of carbonyl (C=O) groups is 1. The molecule has 0 fully saturated rings.